The Bertz CT molecular complexity index is 422. The fourth-order valence-corrected chi connectivity index (χ4v) is 2.10. The minimum atomic E-state index is -0.729. The first kappa shape index (κ1) is 14.0. The lowest BCUT2D eigenvalue weighted by Gasteiger charge is -2.32. The molecule has 1 aromatic heterocycles. The molecule has 1 aliphatic heterocycles. The first-order valence-corrected chi connectivity index (χ1v) is 6.30. The van der Waals surface area contributed by atoms with E-state index in [2.05, 4.69) is 10.1 Å². The van der Waals surface area contributed by atoms with Gasteiger partial charge in [0.05, 0.1) is 19.0 Å². The van der Waals surface area contributed by atoms with Crippen molar-refractivity contribution in [3.8, 4) is 0 Å². The van der Waals surface area contributed by atoms with Crippen molar-refractivity contribution in [1.82, 2.24) is 5.32 Å². The Kier molecular flexibility index (Phi) is 4.57. The Morgan fingerprint density at radius 2 is 2.26 bits per heavy atom. The topological polar surface area (TPSA) is 80.9 Å². The quantitative estimate of drug-likeness (QED) is 0.766. The largest absolute Gasteiger partial charge is 0.463 e. The van der Waals surface area contributed by atoms with Crippen LogP contribution in [0.3, 0.4) is 0 Å². The van der Waals surface area contributed by atoms with Crippen molar-refractivity contribution in [1.29, 1.82) is 0 Å². The van der Waals surface area contributed by atoms with E-state index in [1.807, 2.05) is 0 Å². The molecule has 0 saturated carbocycles. The van der Waals surface area contributed by atoms with Crippen LogP contribution in [0, 0.1) is 0 Å². The predicted octanol–water partition coefficient (Wildman–Crippen LogP) is 0.697. The lowest BCUT2D eigenvalue weighted by molar-refractivity contribution is -0.0617. The van der Waals surface area contributed by atoms with E-state index in [-0.39, 0.29) is 5.76 Å². The summed E-state index contributed by atoms with van der Waals surface area (Å²) >= 11 is 0. The Morgan fingerprint density at radius 1 is 1.53 bits per heavy atom. The van der Waals surface area contributed by atoms with Gasteiger partial charge in [-0.2, -0.15) is 0 Å². The Hall–Kier alpha value is -1.37. The fraction of sp³-hybridized carbons (Fsp3) is 0.615. The van der Waals surface area contributed by atoms with Gasteiger partial charge in [-0.25, -0.2) is 4.79 Å². The minimum Gasteiger partial charge on any atom is -0.463 e. The van der Waals surface area contributed by atoms with E-state index in [1.165, 1.54) is 13.4 Å². The highest BCUT2D eigenvalue weighted by Crippen LogP contribution is 2.19. The van der Waals surface area contributed by atoms with Crippen LogP contribution in [0.1, 0.15) is 29.0 Å². The fourth-order valence-electron chi connectivity index (χ4n) is 2.10. The average molecular weight is 269 g/mol. The van der Waals surface area contributed by atoms with Gasteiger partial charge in [-0.05, 0) is 6.07 Å². The molecule has 1 fully saturated rings. The van der Waals surface area contributed by atoms with E-state index < -0.39 is 11.6 Å². The summed E-state index contributed by atoms with van der Waals surface area (Å²) in [7, 11) is 1.31. The second kappa shape index (κ2) is 6.18. The smallest absolute Gasteiger partial charge is 0.374 e. The molecule has 19 heavy (non-hydrogen) atoms. The summed E-state index contributed by atoms with van der Waals surface area (Å²) in [5.74, 6) is -0.291. The van der Waals surface area contributed by atoms with Gasteiger partial charge >= 0.3 is 5.97 Å². The van der Waals surface area contributed by atoms with Crippen LogP contribution >= 0.6 is 0 Å². The normalized spacial score (nSPS) is 18.2. The van der Waals surface area contributed by atoms with Crippen molar-refractivity contribution in [2.45, 2.75) is 25.0 Å². The standard InChI is InChI=1S/C13H19NO5/c1-17-12(15)11-10(2-5-19-11)8-14-9-13(16)3-6-18-7-4-13/h2,5,14,16H,3-4,6-9H2,1H3. The van der Waals surface area contributed by atoms with Crippen molar-refractivity contribution in [2.75, 3.05) is 26.9 Å². The predicted molar refractivity (Wildman–Crippen MR) is 66.8 cm³/mol. The molecule has 0 aromatic carbocycles. The van der Waals surface area contributed by atoms with Crippen molar-refractivity contribution < 1.29 is 23.8 Å². The third-order valence-electron chi connectivity index (χ3n) is 3.31. The number of aliphatic hydroxyl groups is 1. The lowest BCUT2D eigenvalue weighted by atomic mass is 9.94. The molecule has 0 radical (unpaired) electrons. The van der Waals surface area contributed by atoms with Gasteiger partial charge in [0.1, 0.15) is 0 Å². The van der Waals surface area contributed by atoms with Crippen molar-refractivity contribution in [3.63, 3.8) is 0 Å². The molecule has 0 aliphatic carbocycles. The van der Waals surface area contributed by atoms with Crippen LogP contribution in [0.2, 0.25) is 0 Å². The number of nitrogens with one attached hydrogen (secondary N) is 1. The Morgan fingerprint density at radius 3 is 2.95 bits per heavy atom. The van der Waals surface area contributed by atoms with E-state index in [9.17, 15) is 9.90 Å². The number of ether oxygens (including phenoxy) is 2. The van der Waals surface area contributed by atoms with Gasteiger partial charge in [0, 0.05) is 44.7 Å². The van der Waals surface area contributed by atoms with Gasteiger partial charge in [0.25, 0.3) is 0 Å². The van der Waals surface area contributed by atoms with Crippen LogP contribution in [0.25, 0.3) is 0 Å². The van der Waals surface area contributed by atoms with Crippen LogP contribution in [-0.2, 0) is 16.0 Å². The van der Waals surface area contributed by atoms with Crippen LogP contribution in [-0.4, -0.2) is 43.5 Å². The van der Waals surface area contributed by atoms with Gasteiger partial charge in [0.15, 0.2) is 0 Å². The second-order valence-corrected chi connectivity index (χ2v) is 4.71. The highest BCUT2D eigenvalue weighted by atomic mass is 16.5. The number of hydrogen-bond donors (Lipinski definition) is 2. The van der Waals surface area contributed by atoms with Gasteiger partial charge < -0.3 is 24.3 Å². The van der Waals surface area contributed by atoms with E-state index in [4.69, 9.17) is 9.15 Å². The highest BCUT2D eigenvalue weighted by Gasteiger charge is 2.29. The molecular weight excluding hydrogens is 250 g/mol. The lowest BCUT2D eigenvalue weighted by Crippen LogP contribution is -2.44. The molecule has 0 atom stereocenters. The van der Waals surface area contributed by atoms with Crippen molar-refractivity contribution >= 4 is 5.97 Å². The zero-order valence-electron chi connectivity index (χ0n) is 11.0. The van der Waals surface area contributed by atoms with Gasteiger partial charge in [-0.15, -0.1) is 0 Å². The monoisotopic (exact) mass is 269 g/mol. The molecule has 6 heteroatoms. The summed E-state index contributed by atoms with van der Waals surface area (Å²) in [6.45, 7) is 2.07. The van der Waals surface area contributed by atoms with Gasteiger partial charge in [0.2, 0.25) is 5.76 Å². The molecule has 1 aromatic rings. The second-order valence-electron chi connectivity index (χ2n) is 4.71. The zero-order chi connectivity index (χ0) is 13.7. The van der Waals surface area contributed by atoms with Crippen LogP contribution < -0.4 is 5.32 Å². The maximum absolute atomic E-state index is 11.4. The first-order chi connectivity index (χ1) is 9.14. The maximum atomic E-state index is 11.4. The van der Waals surface area contributed by atoms with Crippen LogP contribution in [0.5, 0.6) is 0 Å². The molecule has 106 valence electrons. The zero-order valence-corrected chi connectivity index (χ0v) is 11.0. The molecular formula is C13H19NO5. The molecule has 0 spiro atoms. The molecule has 0 bridgehead atoms. The maximum Gasteiger partial charge on any atom is 0.374 e. The summed E-state index contributed by atoms with van der Waals surface area (Å²) in [6.07, 6.45) is 2.69. The number of methoxy groups -OCH3 is 1. The molecule has 2 heterocycles. The van der Waals surface area contributed by atoms with E-state index in [0.717, 1.165) is 5.56 Å². The molecule has 6 nitrogen and oxygen atoms in total. The molecule has 0 unspecified atom stereocenters. The summed E-state index contributed by atoms with van der Waals surface area (Å²) in [5, 5.41) is 13.4. The van der Waals surface area contributed by atoms with E-state index in [1.54, 1.807) is 6.07 Å². The number of furan rings is 1. The number of carbonyl (C=O) groups excluding carboxylic acids is 1. The van der Waals surface area contributed by atoms with Crippen molar-refractivity contribution in [2.24, 2.45) is 0 Å². The average Bonchev–Trinajstić information content (AvgIpc) is 2.87. The molecule has 2 N–H and O–H groups in total. The third-order valence-corrected chi connectivity index (χ3v) is 3.31. The summed E-state index contributed by atoms with van der Waals surface area (Å²) in [4.78, 5) is 11.4. The Balaban J connectivity index is 1.85. The molecule has 1 aliphatic rings. The Labute approximate surface area is 111 Å². The molecule has 0 amide bonds. The van der Waals surface area contributed by atoms with Crippen LogP contribution in [0.4, 0.5) is 0 Å². The van der Waals surface area contributed by atoms with Gasteiger partial charge in [-0.3, -0.25) is 0 Å². The van der Waals surface area contributed by atoms with E-state index in [0.29, 0.717) is 39.1 Å². The van der Waals surface area contributed by atoms with Crippen molar-refractivity contribution in [3.05, 3.63) is 23.7 Å². The molecule has 1 saturated heterocycles. The van der Waals surface area contributed by atoms with E-state index >= 15 is 0 Å². The first-order valence-electron chi connectivity index (χ1n) is 6.30. The molecule has 2 rings (SSSR count). The third kappa shape index (κ3) is 3.56. The summed E-state index contributed by atoms with van der Waals surface area (Å²) < 4.78 is 14.9. The number of hydrogen-bond acceptors (Lipinski definition) is 6. The number of rotatable bonds is 5. The van der Waals surface area contributed by atoms with Gasteiger partial charge in [-0.1, -0.05) is 0 Å². The SMILES string of the molecule is COC(=O)c1occc1CNCC1(O)CCOCC1. The summed E-state index contributed by atoms with van der Waals surface area (Å²) in [5.41, 5.74) is -0.00421. The van der Waals surface area contributed by atoms with Crippen LogP contribution in [0.15, 0.2) is 16.7 Å². The highest BCUT2D eigenvalue weighted by molar-refractivity contribution is 5.87. The number of esters is 1. The number of carbonyl (C=O) groups is 1. The summed E-state index contributed by atoms with van der Waals surface area (Å²) in [6, 6.07) is 1.72. The minimum absolute atomic E-state index is 0.203.